The monoisotopic (exact) mass is 229 g/mol. The van der Waals surface area contributed by atoms with Gasteiger partial charge >= 0.3 is 5.97 Å². The molecule has 0 spiro atoms. The molecule has 0 aromatic rings. The van der Waals surface area contributed by atoms with E-state index in [1.54, 1.807) is 6.07 Å². The number of carbonyl (C=O) groups is 1. The molecule has 0 aromatic carbocycles. The number of nitriles is 1. The summed E-state index contributed by atoms with van der Waals surface area (Å²) in [6.07, 6.45) is 1.42. The van der Waals surface area contributed by atoms with E-state index in [1.807, 2.05) is 6.92 Å². The molecule has 0 saturated carbocycles. The van der Waals surface area contributed by atoms with Crippen LogP contribution in [-0.2, 0) is 19.0 Å². The normalized spacial score (nSPS) is 9.75. The molecule has 0 aliphatic heterocycles. The van der Waals surface area contributed by atoms with Crippen molar-refractivity contribution in [2.75, 3.05) is 33.0 Å². The molecule has 0 atom stereocenters. The standard InChI is InChI=1S/C11H19NO4/c1-2-14-9-10-15-7-3-4-8-16-11(13)5-6-12/h2-5,7-10H2,1H3. The average Bonchev–Trinajstić information content (AvgIpc) is 2.27. The van der Waals surface area contributed by atoms with Gasteiger partial charge in [0, 0.05) is 13.2 Å². The van der Waals surface area contributed by atoms with E-state index in [2.05, 4.69) is 0 Å². The second-order valence-corrected chi connectivity index (χ2v) is 3.07. The van der Waals surface area contributed by atoms with Gasteiger partial charge in [0.15, 0.2) is 0 Å². The van der Waals surface area contributed by atoms with Gasteiger partial charge in [-0.05, 0) is 19.8 Å². The van der Waals surface area contributed by atoms with Gasteiger partial charge in [-0.1, -0.05) is 0 Å². The quantitative estimate of drug-likeness (QED) is 0.417. The van der Waals surface area contributed by atoms with Crippen LogP contribution in [0.25, 0.3) is 0 Å². The molecule has 0 saturated heterocycles. The van der Waals surface area contributed by atoms with Gasteiger partial charge in [0.25, 0.3) is 0 Å². The molecular weight excluding hydrogens is 210 g/mol. The summed E-state index contributed by atoms with van der Waals surface area (Å²) in [5.41, 5.74) is 0. The molecule has 0 unspecified atom stereocenters. The zero-order valence-corrected chi connectivity index (χ0v) is 9.74. The van der Waals surface area contributed by atoms with Crippen LogP contribution in [-0.4, -0.2) is 39.0 Å². The molecule has 16 heavy (non-hydrogen) atoms. The molecular formula is C11H19NO4. The SMILES string of the molecule is CCOCCOCCCCOC(=O)CC#N. The lowest BCUT2D eigenvalue weighted by Crippen LogP contribution is -2.07. The van der Waals surface area contributed by atoms with Crippen LogP contribution in [0.4, 0.5) is 0 Å². The van der Waals surface area contributed by atoms with Crippen molar-refractivity contribution in [2.45, 2.75) is 26.2 Å². The van der Waals surface area contributed by atoms with Crippen molar-refractivity contribution in [1.82, 2.24) is 0 Å². The Morgan fingerprint density at radius 1 is 1.12 bits per heavy atom. The fourth-order valence-corrected chi connectivity index (χ4v) is 0.972. The fourth-order valence-electron chi connectivity index (χ4n) is 0.972. The van der Waals surface area contributed by atoms with E-state index in [9.17, 15) is 4.79 Å². The zero-order valence-electron chi connectivity index (χ0n) is 9.74. The topological polar surface area (TPSA) is 68.6 Å². The van der Waals surface area contributed by atoms with Crippen LogP contribution in [0.5, 0.6) is 0 Å². The lowest BCUT2D eigenvalue weighted by molar-refractivity contribution is -0.142. The Bertz CT molecular complexity index is 213. The Hall–Kier alpha value is -1.12. The predicted octanol–water partition coefficient (Wildman–Crippen LogP) is 1.28. The summed E-state index contributed by atoms with van der Waals surface area (Å²) < 4.78 is 15.2. The predicted molar refractivity (Wildman–Crippen MR) is 57.7 cm³/mol. The number of hydrogen-bond donors (Lipinski definition) is 0. The highest BCUT2D eigenvalue weighted by molar-refractivity contribution is 5.71. The van der Waals surface area contributed by atoms with E-state index in [-0.39, 0.29) is 6.42 Å². The Morgan fingerprint density at radius 2 is 1.81 bits per heavy atom. The van der Waals surface area contributed by atoms with Crippen LogP contribution < -0.4 is 0 Å². The molecule has 5 heteroatoms. The van der Waals surface area contributed by atoms with Gasteiger partial charge in [0.05, 0.1) is 25.9 Å². The van der Waals surface area contributed by atoms with Crippen LogP contribution in [0.3, 0.4) is 0 Å². The largest absolute Gasteiger partial charge is 0.465 e. The Labute approximate surface area is 96.3 Å². The summed E-state index contributed by atoms with van der Waals surface area (Å²) in [4.78, 5) is 10.8. The van der Waals surface area contributed by atoms with Crippen LogP contribution in [0, 0.1) is 11.3 Å². The van der Waals surface area contributed by atoms with Crippen molar-refractivity contribution in [1.29, 1.82) is 5.26 Å². The maximum Gasteiger partial charge on any atom is 0.320 e. The molecule has 0 fully saturated rings. The van der Waals surface area contributed by atoms with Gasteiger partial charge in [0.2, 0.25) is 0 Å². The van der Waals surface area contributed by atoms with Gasteiger partial charge in [-0.25, -0.2) is 0 Å². The minimum atomic E-state index is -0.459. The third-order valence-corrected chi connectivity index (χ3v) is 1.75. The number of esters is 1. The van der Waals surface area contributed by atoms with Crippen molar-refractivity contribution in [3.05, 3.63) is 0 Å². The van der Waals surface area contributed by atoms with Crippen molar-refractivity contribution in [2.24, 2.45) is 0 Å². The molecule has 0 bridgehead atoms. The lowest BCUT2D eigenvalue weighted by atomic mass is 10.3. The number of hydrogen-bond acceptors (Lipinski definition) is 5. The first-order chi connectivity index (χ1) is 7.81. The molecule has 0 aliphatic carbocycles. The number of nitrogens with zero attached hydrogens (tertiary/aromatic N) is 1. The van der Waals surface area contributed by atoms with Gasteiger partial charge in [-0.3, -0.25) is 4.79 Å². The molecule has 0 N–H and O–H groups in total. The van der Waals surface area contributed by atoms with Gasteiger partial charge in [-0.15, -0.1) is 0 Å². The number of carbonyl (C=O) groups excluding carboxylic acids is 1. The van der Waals surface area contributed by atoms with Crippen molar-refractivity contribution in [3.8, 4) is 6.07 Å². The van der Waals surface area contributed by atoms with Crippen LogP contribution in [0.15, 0.2) is 0 Å². The van der Waals surface area contributed by atoms with Crippen molar-refractivity contribution < 1.29 is 19.0 Å². The zero-order chi connectivity index (χ0) is 12.1. The van der Waals surface area contributed by atoms with E-state index in [0.29, 0.717) is 33.0 Å². The minimum absolute atomic E-state index is 0.176. The van der Waals surface area contributed by atoms with E-state index < -0.39 is 5.97 Å². The van der Waals surface area contributed by atoms with Gasteiger partial charge in [0.1, 0.15) is 6.42 Å². The third-order valence-electron chi connectivity index (χ3n) is 1.75. The second kappa shape index (κ2) is 12.0. The van der Waals surface area contributed by atoms with Crippen molar-refractivity contribution in [3.63, 3.8) is 0 Å². The second-order valence-electron chi connectivity index (χ2n) is 3.07. The molecule has 0 aliphatic rings. The highest BCUT2D eigenvalue weighted by Gasteiger charge is 1.99. The Kier molecular flexibility index (Phi) is 11.1. The van der Waals surface area contributed by atoms with E-state index in [4.69, 9.17) is 19.5 Å². The summed E-state index contributed by atoms with van der Waals surface area (Å²) in [7, 11) is 0. The first-order valence-electron chi connectivity index (χ1n) is 5.49. The van der Waals surface area contributed by atoms with Crippen molar-refractivity contribution >= 4 is 5.97 Å². The molecule has 0 radical (unpaired) electrons. The summed E-state index contributed by atoms with van der Waals surface area (Å²) in [6.45, 7) is 4.86. The number of ether oxygens (including phenoxy) is 3. The average molecular weight is 229 g/mol. The van der Waals surface area contributed by atoms with E-state index >= 15 is 0 Å². The summed E-state index contributed by atoms with van der Waals surface area (Å²) in [6, 6.07) is 1.74. The third kappa shape index (κ3) is 11.0. The number of unbranched alkanes of at least 4 members (excludes halogenated alkanes) is 1. The summed E-state index contributed by atoms with van der Waals surface area (Å²) >= 11 is 0. The Morgan fingerprint density at radius 3 is 2.50 bits per heavy atom. The molecule has 0 heterocycles. The smallest absolute Gasteiger partial charge is 0.320 e. The van der Waals surface area contributed by atoms with Crippen LogP contribution in [0.1, 0.15) is 26.2 Å². The van der Waals surface area contributed by atoms with Gasteiger partial charge < -0.3 is 14.2 Å². The molecule has 0 rings (SSSR count). The first-order valence-corrected chi connectivity index (χ1v) is 5.49. The maximum absolute atomic E-state index is 10.8. The highest BCUT2D eigenvalue weighted by atomic mass is 16.5. The van der Waals surface area contributed by atoms with E-state index in [1.165, 1.54) is 0 Å². The molecule has 0 amide bonds. The van der Waals surface area contributed by atoms with Gasteiger partial charge in [-0.2, -0.15) is 5.26 Å². The summed E-state index contributed by atoms with van der Waals surface area (Å²) in [5.74, 6) is -0.459. The highest BCUT2D eigenvalue weighted by Crippen LogP contribution is 1.93. The van der Waals surface area contributed by atoms with E-state index in [0.717, 1.165) is 12.8 Å². The minimum Gasteiger partial charge on any atom is -0.465 e. The number of rotatable bonds is 10. The first kappa shape index (κ1) is 14.9. The Balaban J connectivity index is 3.04. The maximum atomic E-state index is 10.8. The molecule has 92 valence electrons. The fraction of sp³-hybridized carbons (Fsp3) is 0.818. The van der Waals surface area contributed by atoms with Crippen LogP contribution >= 0.6 is 0 Å². The van der Waals surface area contributed by atoms with Crippen LogP contribution in [0.2, 0.25) is 0 Å². The molecule has 5 nitrogen and oxygen atoms in total. The summed E-state index contributed by atoms with van der Waals surface area (Å²) in [5, 5.41) is 8.20. The lowest BCUT2D eigenvalue weighted by Gasteiger charge is -2.04. The molecule has 0 aromatic heterocycles.